The number of pyridine rings is 1. The van der Waals surface area contributed by atoms with Crippen molar-refractivity contribution in [3.8, 4) is 0 Å². The third-order valence-electron chi connectivity index (χ3n) is 3.57. The van der Waals surface area contributed by atoms with E-state index in [4.69, 9.17) is 11.5 Å². The lowest BCUT2D eigenvalue weighted by Gasteiger charge is -2.35. The van der Waals surface area contributed by atoms with Gasteiger partial charge in [0.2, 0.25) is 0 Å². The van der Waals surface area contributed by atoms with Crippen LogP contribution in [0.2, 0.25) is 0 Å². The number of nitrogen functional groups attached to an aromatic ring is 1. The van der Waals surface area contributed by atoms with Crippen LogP contribution in [0.4, 0.5) is 5.82 Å². The van der Waals surface area contributed by atoms with Gasteiger partial charge in [-0.1, -0.05) is 19.8 Å². The lowest BCUT2D eigenvalue weighted by molar-refractivity contribution is 0.0820. The van der Waals surface area contributed by atoms with Gasteiger partial charge < -0.3 is 11.5 Å². The monoisotopic (exact) mass is 233 g/mol. The van der Waals surface area contributed by atoms with Crippen molar-refractivity contribution in [2.24, 2.45) is 11.7 Å². The molecule has 4 N–H and O–H groups in total. The summed E-state index contributed by atoms with van der Waals surface area (Å²) < 4.78 is 0. The van der Waals surface area contributed by atoms with E-state index in [-0.39, 0.29) is 11.6 Å². The molecule has 2 unspecified atom stereocenters. The molecule has 1 aromatic heterocycles. The van der Waals surface area contributed by atoms with E-state index in [9.17, 15) is 4.79 Å². The highest BCUT2D eigenvalue weighted by Crippen LogP contribution is 2.33. The average molecular weight is 233 g/mol. The van der Waals surface area contributed by atoms with Crippen molar-refractivity contribution in [2.45, 2.75) is 38.1 Å². The number of aromatic nitrogens is 1. The summed E-state index contributed by atoms with van der Waals surface area (Å²) in [6.45, 7) is 2.14. The fourth-order valence-electron chi connectivity index (χ4n) is 2.68. The van der Waals surface area contributed by atoms with Crippen molar-refractivity contribution in [3.63, 3.8) is 0 Å². The van der Waals surface area contributed by atoms with Gasteiger partial charge >= 0.3 is 0 Å². The van der Waals surface area contributed by atoms with Crippen LogP contribution in [0.25, 0.3) is 0 Å². The molecule has 0 bridgehead atoms. The van der Waals surface area contributed by atoms with Crippen LogP contribution in [0, 0.1) is 5.92 Å². The van der Waals surface area contributed by atoms with Crippen molar-refractivity contribution >= 4 is 11.6 Å². The van der Waals surface area contributed by atoms with Gasteiger partial charge in [0.25, 0.3) is 0 Å². The van der Waals surface area contributed by atoms with Crippen molar-refractivity contribution in [1.82, 2.24) is 4.98 Å². The van der Waals surface area contributed by atoms with Crippen LogP contribution in [0.1, 0.15) is 43.0 Å². The molecule has 1 saturated carbocycles. The number of carbonyl (C=O) groups is 1. The standard InChI is InChI=1S/C13H19N3O/c1-9-4-2-6-13(15,8-9)11(17)10-5-3-7-16-12(10)14/h3,5,7,9H,2,4,6,8,15H2,1H3,(H2,14,16). The lowest BCUT2D eigenvalue weighted by Crippen LogP contribution is -2.51. The van der Waals surface area contributed by atoms with Gasteiger partial charge in [-0.25, -0.2) is 4.98 Å². The average Bonchev–Trinajstić information content (AvgIpc) is 2.28. The number of carbonyl (C=O) groups excluding carboxylic acids is 1. The van der Waals surface area contributed by atoms with E-state index < -0.39 is 5.54 Å². The molecule has 0 aliphatic heterocycles. The molecule has 0 radical (unpaired) electrons. The van der Waals surface area contributed by atoms with Gasteiger partial charge in [-0.05, 0) is 30.9 Å². The molecule has 2 atom stereocenters. The van der Waals surface area contributed by atoms with Crippen LogP contribution in [0.3, 0.4) is 0 Å². The summed E-state index contributed by atoms with van der Waals surface area (Å²) in [5, 5.41) is 0. The Balaban J connectivity index is 2.28. The minimum absolute atomic E-state index is 0.0605. The molecule has 1 heterocycles. The van der Waals surface area contributed by atoms with Gasteiger partial charge in [0.15, 0.2) is 5.78 Å². The summed E-state index contributed by atoms with van der Waals surface area (Å²) in [5.41, 5.74) is 11.7. The fraction of sp³-hybridized carbons (Fsp3) is 0.538. The maximum Gasteiger partial charge on any atom is 0.186 e. The van der Waals surface area contributed by atoms with Crippen LogP contribution in [-0.2, 0) is 0 Å². The number of Topliss-reactive ketones (excluding diaryl/α,β-unsaturated/α-hetero) is 1. The van der Waals surface area contributed by atoms with Crippen LogP contribution in [-0.4, -0.2) is 16.3 Å². The first kappa shape index (κ1) is 12.0. The molecule has 92 valence electrons. The van der Waals surface area contributed by atoms with Crippen LogP contribution < -0.4 is 11.5 Å². The molecule has 4 nitrogen and oxygen atoms in total. The van der Waals surface area contributed by atoms with Crippen LogP contribution >= 0.6 is 0 Å². The second kappa shape index (κ2) is 4.45. The number of hydrogen-bond donors (Lipinski definition) is 2. The maximum absolute atomic E-state index is 12.4. The maximum atomic E-state index is 12.4. The van der Waals surface area contributed by atoms with E-state index in [1.54, 1.807) is 18.3 Å². The number of rotatable bonds is 2. The molecule has 1 fully saturated rings. The summed E-state index contributed by atoms with van der Waals surface area (Å²) in [5.74, 6) is 0.714. The third-order valence-corrected chi connectivity index (χ3v) is 3.57. The van der Waals surface area contributed by atoms with Gasteiger partial charge in [0, 0.05) is 6.20 Å². The van der Waals surface area contributed by atoms with Crippen molar-refractivity contribution in [1.29, 1.82) is 0 Å². The summed E-state index contributed by atoms with van der Waals surface area (Å²) in [6.07, 6.45) is 5.21. The molecule has 1 aliphatic rings. The Labute approximate surface area is 101 Å². The first-order valence-electron chi connectivity index (χ1n) is 6.07. The first-order chi connectivity index (χ1) is 8.03. The Bertz CT molecular complexity index is 432. The molecule has 2 rings (SSSR count). The Morgan fingerprint density at radius 2 is 2.35 bits per heavy atom. The largest absolute Gasteiger partial charge is 0.383 e. The molecule has 0 spiro atoms. The predicted octanol–water partition coefficient (Wildman–Crippen LogP) is 1.75. The highest BCUT2D eigenvalue weighted by atomic mass is 16.1. The zero-order valence-corrected chi connectivity index (χ0v) is 10.1. The van der Waals surface area contributed by atoms with Crippen molar-refractivity contribution in [3.05, 3.63) is 23.9 Å². The number of nitrogens with two attached hydrogens (primary N) is 2. The zero-order valence-electron chi connectivity index (χ0n) is 10.1. The van der Waals surface area contributed by atoms with Crippen LogP contribution in [0.5, 0.6) is 0 Å². The molecule has 1 aliphatic carbocycles. The SMILES string of the molecule is CC1CCCC(N)(C(=O)c2cccnc2N)C1. The molecule has 0 amide bonds. The Morgan fingerprint density at radius 1 is 1.59 bits per heavy atom. The molecule has 4 heteroatoms. The molecule has 0 saturated heterocycles. The number of hydrogen-bond acceptors (Lipinski definition) is 4. The minimum atomic E-state index is -0.755. The van der Waals surface area contributed by atoms with Gasteiger partial charge in [-0.2, -0.15) is 0 Å². The van der Waals surface area contributed by atoms with E-state index in [2.05, 4.69) is 11.9 Å². The Kier molecular flexibility index (Phi) is 3.15. The van der Waals surface area contributed by atoms with E-state index in [0.29, 0.717) is 11.5 Å². The van der Waals surface area contributed by atoms with E-state index in [0.717, 1.165) is 25.7 Å². The van der Waals surface area contributed by atoms with Gasteiger partial charge in [0.05, 0.1) is 11.1 Å². The molecular weight excluding hydrogens is 214 g/mol. The molecule has 17 heavy (non-hydrogen) atoms. The second-order valence-electron chi connectivity index (χ2n) is 5.12. The Hall–Kier alpha value is -1.42. The second-order valence-corrected chi connectivity index (χ2v) is 5.12. The molecule has 1 aromatic rings. The minimum Gasteiger partial charge on any atom is -0.383 e. The summed E-state index contributed by atoms with van der Waals surface area (Å²) >= 11 is 0. The number of anilines is 1. The van der Waals surface area contributed by atoms with E-state index in [1.165, 1.54) is 0 Å². The van der Waals surface area contributed by atoms with E-state index in [1.807, 2.05) is 0 Å². The molecule has 0 aromatic carbocycles. The smallest absolute Gasteiger partial charge is 0.186 e. The predicted molar refractivity (Wildman–Crippen MR) is 67.5 cm³/mol. The van der Waals surface area contributed by atoms with Gasteiger partial charge in [0.1, 0.15) is 5.82 Å². The van der Waals surface area contributed by atoms with E-state index >= 15 is 0 Å². The summed E-state index contributed by atoms with van der Waals surface area (Å²) in [4.78, 5) is 16.4. The van der Waals surface area contributed by atoms with Gasteiger partial charge in [-0.3, -0.25) is 4.79 Å². The normalized spacial score (nSPS) is 28.9. The Morgan fingerprint density at radius 3 is 3.00 bits per heavy atom. The highest BCUT2D eigenvalue weighted by Gasteiger charge is 2.39. The van der Waals surface area contributed by atoms with Crippen LogP contribution in [0.15, 0.2) is 18.3 Å². The topological polar surface area (TPSA) is 82.0 Å². The summed E-state index contributed by atoms with van der Waals surface area (Å²) in [6, 6.07) is 3.43. The lowest BCUT2D eigenvalue weighted by atomic mass is 9.73. The summed E-state index contributed by atoms with van der Waals surface area (Å²) in [7, 11) is 0. The fourth-order valence-corrected chi connectivity index (χ4v) is 2.68. The first-order valence-corrected chi connectivity index (χ1v) is 6.07. The third kappa shape index (κ3) is 2.31. The highest BCUT2D eigenvalue weighted by molar-refractivity contribution is 6.06. The molecular formula is C13H19N3O. The number of ketones is 1. The van der Waals surface area contributed by atoms with Crippen molar-refractivity contribution in [2.75, 3.05) is 5.73 Å². The quantitative estimate of drug-likeness (QED) is 0.762. The zero-order chi connectivity index (χ0) is 12.5. The van der Waals surface area contributed by atoms with Crippen molar-refractivity contribution < 1.29 is 4.79 Å². The van der Waals surface area contributed by atoms with Gasteiger partial charge in [-0.15, -0.1) is 0 Å². The number of nitrogens with zero attached hydrogens (tertiary/aromatic N) is 1.